The summed E-state index contributed by atoms with van der Waals surface area (Å²) in [5, 5.41) is 12.1. The molecule has 0 aromatic rings. The fraction of sp³-hybridized carbons (Fsp3) is 1.00. The molecule has 0 aromatic heterocycles. The van der Waals surface area contributed by atoms with Crippen molar-refractivity contribution >= 4 is 0 Å². The standard InChI is InChI=1S/C10H18F2N2O/c11-10(12)9(15)6-13-7-3-5-14-4-1-2-8(7)14/h7-10,13,15H,1-6H2. The average molecular weight is 220 g/mol. The molecule has 0 radical (unpaired) electrons. The Morgan fingerprint density at radius 2 is 2.13 bits per heavy atom. The van der Waals surface area contributed by atoms with Gasteiger partial charge in [0.2, 0.25) is 0 Å². The molecule has 2 fully saturated rings. The van der Waals surface area contributed by atoms with E-state index >= 15 is 0 Å². The van der Waals surface area contributed by atoms with Gasteiger partial charge in [0.1, 0.15) is 6.10 Å². The maximum absolute atomic E-state index is 12.1. The van der Waals surface area contributed by atoms with Crippen molar-refractivity contribution in [2.24, 2.45) is 0 Å². The Balaban J connectivity index is 1.75. The van der Waals surface area contributed by atoms with Crippen LogP contribution in [0.25, 0.3) is 0 Å². The summed E-state index contributed by atoms with van der Waals surface area (Å²) < 4.78 is 24.1. The van der Waals surface area contributed by atoms with Gasteiger partial charge in [0.15, 0.2) is 0 Å². The molecule has 2 N–H and O–H groups in total. The minimum Gasteiger partial charge on any atom is -0.386 e. The number of aliphatic hydroxyl groups is 1. The molecule has 2 saturated heterocycles. The topological polar surface area (TPSA) is 35.5 Å². The first-order valence-corrected chi connectivity index (χ1v) is 5.62. The van der Waals surface area contributed by atoms with Crippen LogP contribution < -0.4 is 5.32 Å². The molecule has 2 aliphatic rings. The number of nitrogens with one attached hydrogen (secondary N) is 1. The van der Waals surface area contributed by atoms with E-state index in [1.807, 2.05) is 0 Å². The normalized spacial score (nSPS) is 33.6. The largest absolute Gasteiger partial charge is 0.386 e. The average Bonchev–Trinajstić information content (AvgIpc) is 2.76. The van der Waals surface area contributed by atoms with Crippen LogP contribution in [0.3, 0.4) is 0 Å². The van der Waals surface area contributed by atoms with E-state index in [0.29, 0.717) is 12.1 Å². The van der Waals surface area contributed by atoms with Crippen LogP contribution in [0.2, 0.25) is 0 Å². The molecule has 15 heavy (non-hydrogen) atoms. The van der Waals surface area contributed by atoms with Gasteiger partial charge in [-0.05, 0) is 25.8 Å². The Morgan fingerprint density at radius 3 is 2.87 bits per heavy atom. The molecule has 3 atom stereocenters. The van der Waals surface area contributed by atoms with Crippen molar-refractivity contribution in [3.8, 4) is 0 Å². The molecule has 2 rings (SSSR count). The van der Waals surface area contributed by atoms with Gasteiger partial charge in [-0.25, -0.2) is 8.78 Å². The fourth-order valence-corrected chi connectivity index (χ4v) is 2.68. The first-order chi connectivity index (χ1) is 7.18. The Hall–Kier alpha value is -0.260. The lowest BCUT2D eigenvalue weighted by Crippen LogP contribution is -2.43. The summed E-state index contributed by atoms with van der Waals surface area (Å²) in [6.45, 7) is 2.21. The second kappa shape index (κ2) is 4.72. The molecular formula is C10H18F2N2O. The van der Waals surface area contributed by atoms with Gasteiger partial charge in [0.25, 0.3) is 6.43 Å². The maximum Gasteiger partial charge on any atom is 0.265 e. The van der Waals surface area contributed by atoms with Crippen LogP contribution in [-0.4, -0.2) is 54.3 Å². The van der Waals surface area contributed by atoms with Crippen molar-refractivity contribution in [1.82, 2.24) is 10.2 Å². The molecule has 2 heterocycles. The number of rotatable bonds is 4. The lowest BCUT2D eigenvalue weighted by molar-refractivity contribution is -0.00498. The maximum atomic E-state index is 12.1. The molecule has 0 aliphatic carbocycles. The second-order valence-corrected chi connectivity index (χ2v) is 4.45. The number of alkyl halides is 2. The van der Waals surface area contributed by atoms with E-state index in [0.717, 1.165) is 25.9 Å². The molecule has 2 aliphatic heterocycles. The fourth-order valence-electron chi connectivity index (χ4n) is 2.68. The van der Waals surface area contributed by atoms with Gasteiger partial charge in [-0.1, -0.05) is 0 Å². The molecule has 3 nitrogen and oxygen atoms in total. The van der Waals surface area contributed by atoms with Crippen LogP contribution in [0.4, 0.5) is 8.78 Å². The van der Waals surface area contributed by atoms with Crippen LogP contribution in [0, 0.1) is 0 Å². The van der Waals surface area contributed by atoms with Crippen molar-refractivity contribution in [1.29, 1.82) is 0 Å². The van der Waals surface area contributed by atoms with E-state index in [9.17, 15) is 8.78 Å². The van der Waals surface area contributed by atoms with Gasteiger partial charge in [-0.2, -0.15) is 0 Å². The number of hydrogen-bond acceptors (Lipinski definition) is 3. The van der Waals surface area contributed by atoms with Crippen molar-refractivity contribution in [3.05, 3.63) is 0 Å². The van der Waals surface area contributed by atoms with Gasteiger partial charge >= 0.3 is 0 Å². The third kappa shape index (κ3) is 2.46. The van der Waals surface area contributed by atoms with E-state index in [2.05, 4.69) is 10.2 Å². The van der Waals surface area contributed by atoms with Gasteiger partial charge in [0.05, 0.1) is 0 Å². The van der Waals surface area contributed by atoms with E-state index in [1.165, 1.54) is 6.42 Å². The third-order valence-corrected chi connectivity index (χ3v) is 3.49. The molecule has 0 spiro atoms. The smallest absolute Gasteiger partial charge is 0.265 e. The van der Waals surface area contributed by atoms with Crippen molar-refractivity contribution < 1.29 is 13.9 Å². The molecule has 88 valence electrons. The van der Waals surface area contributed by atoms with Crippen molar-refractivity contribution in [2.45, 2.75) is 43.9 Å². The quantitative estimate of drug-likeness (QED) is 0.721. The van der Waals surface area contributed by atoms with Gasteiger partial charge < -0.3 is 10.4 Å². The first-order valence-electron chi connectivity index (χ1n) is 5.62. The highest BCUT2D eigenvalue weighted by Gasteiger charge is 2.37. The molecular weight excluding hydrogens is 202 g/mol. The highest BCUT2D eigenvalue weighted by molar-refractivity contribution is 4.95. The number of nitrogens with zero attached hydrogens (tertiary/aromatic N) is 1. The lowest BCUT2D eigenvalue weighted by atomic mass is 10.1. The SMILES string of the molecule is OC(CNC1CCN2CCCC12)C(F)F. The molecule has 0 bridgehead atoms. The zero-order valence-corrected chi connectivity index (χ0v) is 8.70. The summed E-state index contributed by atoms with van der Waals surface area (Å²) in [5.74, 6) is 0. The van der Waals surface area contributed by atoms with Gasteiger partial charge in [-0.3, -0.25) is 4.90 Å². The highest BCUT2D eigenvalue weighted by Crippen LogP contribution is 2.27. The Bertz CT molecular complexity index is 216. The zero-order valence-electron chi connectivity index (χ0n) is 8.70. The minimum atomic E-state index is -2.64. The predicted molar refractivity (Wildman–Crippen MR) is 53.0 cm³/mol. The van der Waals surface area contributed by atoms with Crippen molar-refractivity contribution in [3.63, 3.8) is 0 Å². The zero-order chi connectivity index (χ0) is 10.8. The predicted octanol–water partition coefficient (Wildman–Crippen LogP) is 0.439. The van der Waals surface area contributed by atoms with E-state index in [1.54, 1.807) is 0 Å². The van der Waals surface area contributed by atoms with E-state index < -0.39 is 12.5 Å². The number of aliphatic hydroxyl groups excluding tert-OH is 1. The number of halogens is 2. The summed E-state index contributed by atoms with van der Waals surface area (Å²) >= 11 is 0. The number of hydrogen-bond donors (Lipinski definition) is 2. The molecule has 3 unspecified atom stereocenters. The van der Waals surface area contributed by atoms with E-state index in [4.69, 9.17) is 5.11 Å². The van der Waals surface area contributed by atoms with E-state index in [-0.39, 0.29) is 6.54 Å². The monoisotopic (exact) mass is 220 g/mol. The summed E-state index contributed by atoms with van der Waals surface area (Å²) in [7, 11) is 0. The van der Waals surface area contributed by atoms with Crippen LogP contribution in [0.5, 0.6) is 0 Å². The van der Waals surface area contributed by atoms with Crippen LogP contribution in [0.1, 0.15) is 19.3 Å². The number of fused-ring (bicyclic) bond motifs is 1. The summed E-state index contributed by atoms with van der Waals surface area (Å²) in [5.41, 5.74) is 0. The summed E-state index contributed by atoms with van der Waals surface area (Å²) in [4.78, 5) is 2.41. The second-order valence-electron chi connectivity index (χ2n) is 4.45. The third-order valence-electron chi connectivity index (χ3n) is 3.49. The molecule has 0 amide bonds. The molecule has 5 heteroatoms. The lowest BCUT2D eigenvalue weighted by Gasteiger charge is -2.22. The van der Waals surface area contributed by atoms with Gasteiger partial charge in [0, 0.05) is 25.2 Å². The Labute approximate surface area is 88.4 Å². The van der Waals surface area contributed by atoms with Crippen LogP contribution >= 0.6 is 0 Å². The van der Waals surface area contributed by atoms with Crippen molar-refractivity contribution in [2.75, 3.05) is 19.6 Å². The van der Waals surface area contributed by atoms with Crippen LogP contribution in [-0.2, 0) is 0 Å². The molecule has 0 aromatic carbocycles. The van der Waals surface area contributed by atoms with Gasteiger partial charge in [-0.15, -0.1) is 0 Å². The summed E-state index contributed by atoms with van der Waals surface area (Å²) in [6, 6.07) is 0.802. The minimum absolute atomic E-state index is 0.00662. The highest BCUT2D eigenvalue weighted by atomic mass is 19.3. The summed E-state index contributed by atoms with van der Waals surface area (Å²) in [6.07, 6.45) is -0.789. The Kier molecular flexibility index (Phi) is 3.53. The Morgan fingerprint density at radius 1 is 1.33 bits per heavy atom. The first kappa shape index (κ1) is 11.2. The van der Waals surface area contributed by atoms with Crippen LogP contribution in [0.15, 0.2) is 0 Å². The molecule has 0 saturated carbocycles.